The number of carbonyl (C=O) groups excluding carboxylic acids is 1. The second-order valence-corrected chi connectivity index (χ2v) is 9.82. The van der Waals surface area contributed by atoms with E-state index in [2.05, 4.69) is 5.32 Å². The number of benzene rings is 2. The van der Waals surface area contributed by atoms with Crippen molar-refractivity contribution in [1.29, 1.82) is 0 Å². The van der Waals surface area contributed by atoms with Crippen molar-refractivity contribution in [3.8, 4) is 17.1 Å². The smallest absolute Gasteiger partial charge is 0.306 e. The first-order valence-corrected chi connectivity index (χ1v) is 11.7. The van der Waals surface area contributed by atoms with Gasteiger partial charge >= 0.3 is 5.97 Å². The van der Waals surface area contributed by atoms with Gasteiger partial charge in [-0.3, -0.25) is 14.4 Å². The van der Waals surface area contributed by atoms with Crippen LogP contribution >= 0.6 is 11.6 Å². The molecule has 1 aromatic heterocycles. The van der Waals surface area contributed by atoms with Gasteiger partial charge < -0.3 is 24.3 Å². The van der Waals surface area contributed by atoms with Gasteiger partial charge in [-0.05, 0) is 56.5 Å². The fourth-order valence-corrected chi connectivity index (χ4v) is 4.67. The highest BCUT2D eigenvalue weighted by Gasteiger charge is 2.39. The quantitative estimate of drug-likeness (QED) is 0.458. The normalized spacial score (nSPS) is 20.3. The number of rotatable bonds is 7. The van der Waals surface area contributed by atoms with Crippen molar-refractivity contribution in [2.75, 3.05) is 18.5 Å². The number of nitrogens with one attached hydrogen (secondary N) is 1. The Kier molecular flexibility index (Phi) is 5.81. The summed E-state index contributed by atoms with van der Waals surface area (Å²) in [6.07, 6.45) is 0.884. The third-order valence-corrected chi connectivity index (χ3v) is 7.02. The number of anilines is 1. The molecule has 2 aliphatic rings. The first-order chi connectivity index (χ1) is 16.6. The molecular formula is C26H24ClNO7. The summed E-state index contributed by atoms with van der Waals surface area (Å²) in [4.78, 5) is 36.3. The van der Waals surface area contributed by atoms with Crippen LogP contribution in [0.2, 0.25) is 5.02 Å². The van der Waals surface area contributed by atoms with Gasteiger partial charge in [-0.1, -0.05) is 17.7 Å². The lowest BCUT2D eigenvalue weighted by Gasteiger charge is -2.32. The molecule has 2 N–H and O–H groups in total. The molecule has 9 heteroatoms. The van der Waals surface area contributed by atoms with E-state index in [4.69, 9.17) is 30.6 Å². The van der Waals surface area contributed by atoms with Gasteiger partial charge in [0, 0.05) is 11.8 Å². The molecular weight excluding hydrogens is 474 g/mol. The lowest BCUT2D eigenvalue weighted by Crippen LogP contribution is -2.37. The van der Waals surface area contributed by atoms with Crippen LogP contribution in [-0.4, -0.2) is 36.3 Å². The fourth-order valence-electron chi connectivity index (χ4n) is 4.46. The van der Waals surface area contributed by atoms with E-state index in [1.54, 1.807) is 30.3 Å². The Balaban J connectivity index is 1.46. The average Bonchev–Trinajstić information content (AvgIpc) is 3.00. The Hall–Kier alpha value is -3.36. The number of carboxylic acids is 1. The molecule has 0 spiro atoms. The number of aliphatic carboxylic acids is 1. The number of carboxylic acid groups (broad SMARTS) is 1. The summed E-state index contributed by atoms with van der Waals surface area (Å²) in [7, 11) is 0. The number of hydrogen-bond donors (Lipinski definition) is 2. The van der Waals surface area contributed by atoms with Crippen molar-refractivity contribution in [3.05, 3.63) is 57.2 Å². The predicted molar refractivity (Wildman–Crippen MR) is 130 cm³/mol. The van der Waals surface area contributed by atoms with E-state index in [1.165, 1.54) is 6.07 Å². The second-order valence-electron chi connectivity index (χ2n) is 9.41. The number of carbonyl (C=O) groups is 2. The van der Waals surface area contributed by atoms with Crippen LogP contribution < -0.4 is 15.5 Å². The van der Waals surface area contributed by atoms with Gasteiger partial charge in [0.25, 0.3) is 0 Å². The summed E-state index contributed by atoms with van der Waals surface area (Å²) in [5.74, 6) is -0.592. The zero-order chi connectivity index (χ0) is 24.9. The zero-order valence-corrected chi connectivity index (χ0v) is 20.0. The van der Waals surface area contributed by atoms with E-state index in [1.807, 2.05) is 13.8 Å². The molecule has 1 amide bonds. The van der Waals surface area contributed by atoms with Gasteiger partial charge in [0.05, 0.1) is 40.0 Å². The van der Waals surface area contributed by atoms with E-state index in [0.29, 0.717) is 40.3 Å². The Morgan fingerprint density at radius 1 is 1.20 bits per heavy atom. The first-order valence-electron chi connectivity index (χ1n) is 11.3. The molecule has 2 heterocycles. The summed E-state index contributed by atoms with van der Waals surface area (Å²) < 4.78 is 17.8. The van der Waals surface area contributed by atoms with Crippen LogP contribution in [-0.2, 0) is 19.7 Å². The number of ether oxygens (including phenoxy) is 2. The fraction of sp³-hybridized carbons (Fsp3) is 0.346. The summed E-state index contributed by atoms with van der Waals surface area (Å²) >= 11 is 6.29. The van der Waals surface area contributed by atoms with Crippen LogP contribution in [0.5, 0.6) is 5.75 Å². The van der Waals surface area contributed by atoms with Gasteiger partial charge in [-0.25, -0.2) is 0 Å². The maximum Gasteiger partial charge on any atom is 0.306 e. The van der Waals surface area contributed by atoms with Gasteiger partial charge in [-0.15, -0.1) is 0 Å². The third kappa shape index (κ3) is 4.17. The van der Waals surface area contributed by atoms with Gasteiger partial charge in [0.15, 0.2) is 11.0 Å². The van der Waals surface area contributed by atoms with Crippen molar-refractivity contribution in [2.45, 2.75) is 38.2 Å². The lowest BCUT2D eigenvalue weighted by atomic mass is 9.82. The second kappa shape index (κ2) is 8.70. The van der Waals surface area contributed by atoms with Gasteiger partial charge in [0.1, 0.15) is 18.1 Å². The molecule has 0 radical (unpaired) electrons. The van der Waals surface area contributed by atoms with Gasteiger partial charge in [-0.2, -0.15) is 0 Å². The predicted octanol–water partition coefficient (Wildman–Crippen LogP) is 4.60. The average molecular weight is 498 g/mol. The van der Waals surface area contributed by atoms with Crippen molar-refractivity contribution in [3.63, 3.8) is 0 Å². The number of para-hydroxylation sites is 1. The molecule has 5 rings (SSSR count). The van der Waals surface area contributed by atoms with E-state index in [-0.39, 0.29) is 47.9 Å². The first kappa shape index (κ1) is 23.4. The summed E-state index contributed by atoms with van der Waals surface area (Å²) in [5.41, 5.74) is 1.15. The SMILES string of the molecule is CC1(C)C(=O)Nc2cc(-c3cc(=O)c4cccc(Cl)c4o3)c(OCCO[C@H]3C[C@@H](C(=O)O)C3)cc21. The molecule has 1 aliphatic heterocycles. The number of amides is 1. The van der Waals surface area contributed by atoms with Crippen molar-refractivity contribution >= 4 is 40.1 Å². The molecule has 2 aromatic carbocycles. The van der Waals surface area contributed by atoms with Crippen LogP contribution in [0.4, 0.5) is 5.69 Å². The highest BCUT2D eigenvalue weighted by molar-refractivity contribution is 6.34. The Bertz CT molecular complexity index is 1400. The standard InChI is InChI=1S/C26H24ClNO7/c1-26(2)17-11-21(34-7-6-33-14-8-13(9-14)24(30)31)16(10-19(17)28-25(26)32)22-12-20(29)15-4-3-5-18(27)23(15)35-22/h3-5,10-14H,6-9H2,1-2H3,(H,28,32)(H,30,31)/t13-,14+. The highest BCUT2D eigenvalue weighted by atomic mass is 35.5. The summed E-state index contributed by atoms with van der Waals surface area (Å²) in [6.45, 7) is 4.11. The molecule has 8 nitrogen and oxygen atoms in total. The maximum atomic E-state index is 12.8. The topological polar surface area (TPSA) is 115 Å². The number of hydrogen-bond acceptors (Lipinski definition) is 6. The minimum absolute atomic E-state index is 0.0967. The van der Waals surface area contributed by atoms with Crippen molar-refractivity contribution in [2.24, 2.45) is 5.92 Å². The van der Waals surface area contributed by atoms with Crippen LogP contribution in [0.15, 0.2) is 45.6 Å². The maximum absolute atomic E-state index is 12.8. The molecule has 1 fully saturated rings. The van der Waals surface area contributed by atoms with Crippen LogP contribution in [0, 0.1) is 5.92 Å². The molecule has 0 saturated heterocycles. The number of fused-ring (bicyclic) bond motifs is 2. The molecule has 35 heavy (non-hydrogen) atoms. The summed E-state index contributed by atoms with van der Waals surface area (Å²) in [5, 5.41) is 12.6. The summed E-state index contributed by atoms with van der Waals surface area (Å²) in [6, 6.07) is 9.87. The van der Waals surface area contributed by atoms with Crippen molar-refractivity contribution in [1.82, 2.24) is 0 Å². The third-order valence-electron chi connectivity index (χ3n) is 6.72. The monoisotopic (exact) mass is 497 g/mol. The molecule has 3 aromatic rings. The highest BCUT2D eigenvalue weighted by Crippen LogP contribution is 2.44. The zero-order valence-electron chi connectivity index (χ0n) is 19.2. The minimum Gasteiger partial charge on any atom is -0.490 e. The Morgan fingerprint density at radius 2 is 1.97 bits per heavy atom. The molecule has 1 aliphatic carbocycles. The van der Waals surface area contributed by atoms with E-state index >= 15 is 0 Å². The van der Waals surface area contributed by atoms with E-state index in [0.717, 1.165) is 5.56 Å². The largest absolute Gasteiger partial charge is 0.490 e. The molecule has 0 unspecified atom stereocenters. The molecule has 0 bridgehead atoms. The van der Waals surface area contributed by atoms with E-state index in [9.17, 15) is 14.4 Å². The van der Waals surface area contributed by atoms with E-state index < -0.39 is 11.4 Å². The number of halogens is 1. The van der Waals surface area contributed by atoms with Crippen LogP contribution in [0.3, 0.4) is 0 Å². The van der Waals surface area contributed by atoms with Crippen molar-refractivity contribution < 1.29 is 28.6 Å². The molecule has 1 saturated carbocycles. The lowest BCUT2D eigenvalue weighted by molar-refractivity contribution is -0.151. The minimum atomic E-state index is -0.799. The van der Waals surface area contributed by atoms with Crippen LogP contribution in [0.1, 0.15) is 32.3 Å². The van der Waals surface area contributed by atoms with Gasteiger partial charge in [0.2, 0.25) is 5.91 Å². The Morgan fingerprint density at radius 3 is 2.71 bits per heavy atom. The Labute approximate surface area is 205 Å². The van der Waals surface area contributed by atoms with Crippen LogP contribution in [0.25, 0.3) is 22.3 Å². The molecule has 0 atom stereocenters. The molecule has 182 valence electrons.